The van der Waals surface area contributed by atoms with E-state index < -0.39 is 15.0 Å². The highest BCUT2D eigenvalue weighted by molar-refractivity contribution is 8.13. The molecule has 1 rings (SSSR count). The van der Waals surface area contributed by atoms with E-state index in [0.717, 1.165) is 12.8 Å². The van der Waals surface area contributed by atoms with E-state index in [-0.39, 0.29) is 22.3 Å². The van der Waals surface area contributed by atoms with Gasteiger partial charge < -0.3 is 5.32 Å². The zero-order chi connectivity index (χ0) is 15.5. The van der Waals surface area contributed by atoms with Gasteiger partial charge in [-0.1, -0.05) is 20.3 Å². The van der Waals surface area contributed by atoms with Crippen molar-refractivity contribution >= 4 is 25.6 Å². The topological polar surface area (TPSA) is 91.9 Å². The summed E-state index contributed by atoms with van der Waals surface area (Å²) in [5, 5.41) is 8.95. The molecule has 0 aliphatic rings. The molecule has 1 amide bonds. The summed E-state index contributed by atoms with van der Waals surface area (Å²) in [5.41, 5.74) is 0.0632. The Morgan fingerprint density at radius 3 is 2.55 bits per heavy atom. The molecule has 114 valence electrons. The van der Waals surface area contributed by atoms with Gasteiger partial charge >= 0.3 is 0 Å². The zero-order valence-corrected chi connectivity index (χ0v) is 13.6. The summed E-state index contributed by atoms with van der Waals surface area (Å²) < 4.78 is 23.0. The van der Waals surface area contributed by atoms with Crippen LogP contribution in [0.15, 0.2) is 4.90 Å². The lowest BCUT2D eigenvalue weighted by atomic mass is 10.0. The molecule has 0 fully saturated rings. The van der Waals surface area contributed by atoms with Gasteiger partial charge in [0.15, 0.2) is 5.69 Å². The van der Waals surface area contributed by atoms with Gasteiger partial charge in [0.1, 0.15) is 4.90 Å². The second-order valence-electron chi connectivity index (χ2n) is 5.09. The molecule has 20 heavy (non-hydrogen) atoms. The summed E-state index contributed by atoms with van der Waals surface area (Å²) in [6.45, 7) is 7.55. The lowest BCUT2D eigenvalue weighted by Gasteiger charge is -2.17. The monoisotopic (exact) mass is 321 g/mol. The molecular weight excluding hydrogens is 302 g/mol. The Morgan fingerprint density at radius 1 is 1.45 bits per heavy atom. The molecule has 1 aromatic rings. The van der Waals surface area contributed by atoms with Crippen molar-refractivity contribution in [3.8, 4) is 0 Å². The Labute approximate surface area is 123 Å². The van der Waals surface area contributed by atoms with Gasteiger partial charge in [0.05, 0.1) is 5.69 Å². The Morgan fingerprint density at radius 2 is 2.05 bits per heavy atom. The average Bonchev–Trinajstić information content (AvgIpc) is 2.70. The molecule has 2 N–H and O–H groups in total. The van der Waals surface area contributed by atoms with Crippen LogP contribution in [0.2, 0.25) is 0 Å². The minimum atomic E-state index is -4.01. The zero-order valence-electron chi connectivity index (χ0n) is 12.0. The van der Waals surface area contributed by atoms with Crippen LogP contribution >= 0.6 is 10.7 Å². The number of amides is 1. The fraction of sp³-hybridized carbons (Fsp3) is 0.667. The second-order valence-corrected chi connectivity index (χ2v) is 7.59. The summed E-state index contributed by atoms with van der Waals surface area (Å²) in [6.07, 6.45) is 1.83. The smallest absolute Gasteiger partial charge is 0.273 e. The summed E-state index contributed by atoms with van der Waals surface area (Å²) >= 11 is 0. The molecule has 0 saturated carbocycles. The van der Waals surface area contributed by atoms with E-state index in [9.17, 15) is 13.2 Å². The van der Waals surface area contributed by atoms with E-state index in [4.69, 9.17) is 10.7 Å². The molecule has 0 aliphatic heterocycles. The first kappa shape index (κ1) is 17.0. The lowest BCUT2D eigenvalue weighted by molar-refractivity contribution is 0.0927. The number of aryl methyl sites for hydroxylation is 1. The Balaban J connectivity index is 2.89. The molecule has 1 heterocycles. The van der Waals surface area contributed by atoms with Gasteiger partial charge in [-0.15, -0.1) is 0 Å². The average molecular weight is 322 g/mol. The lowest BCUT2D eigenvalue weighted by Crippen LogP contribution is -2.34. The van der Waals surface area contributed by atoms with Crippen molar-refractivity contribution < 1.29 is 13.2 Å². The van der Waals surface area contributed by atoms with Crippen molar-refractivity contribution in [3.05, 3.63) is 11.4 Å². The van der Waals surface area contributed by atoms with E-state index >= 15 is 0 Å². The molecule has 0 spiro atoms. The van der Waals surface area contributed by atoms with Gasteiger partial charge in [-0.2, -0.15) is 5.10 Å². The molecule has 0 radical (unpaired) electrons. The predicted octanol–water partition coefficient (Wildman–Crippen LogP) is 2.20. The molecule has 8 heteroatoms. The summed E-state index contributed by atoms with van der Waals surface area (Å²) in [4.78, 5) is 11.8. The maximum Gasteiger partial charge on any atom is 0.273 e. The minimum Gasteiger partial charge on any atom is -0.348 e. The number of carbonyl (C=O) groups excluding carboxylic acids is 1. The van der Waals surface area contributed by atoms with Gasteiger partial charge in [0.2, 0.25) is 0 Å². The Bertz CT molecular complexity index is 583. The highest BCUT2D eigenvalue weighted by Gasteiger charge is 2.27. The first-order valence-corrected chi connectivity index (χ1v) is 8.78. The Hall–Kier alpha value is -1.08. The van der Waals surface area contributed by atoms with Crippen LogP contribution in [0, 0.1) is 12.8 Å². The number of aromatic nitrogens is 2. The second kappa shape index (κ2) is 6.58. The summed E-state index contributed by atoms with van der Waals surface area (Å²) in [7, 11) is 1.32. The number of nitrogens with zero attached hydrogens (tertiary/aromatic N) is 1. The quantitative estimate of drug-likeness (QED) is 0.786. The van der Waals surface area contributed by atoms with Gasteiger partial charge in [-0.3, -0.25) is 9.89 Å². The van der Waals surface area contributed by atoms with Crippen molar-refractivity contribution in [1.82, 2.24) is 15.5 Å². The molecule has 6 nitrogen and oxygen atoms in total. The van der Waals surface area contributed by atoms with Crippen LogP contribution in [0.1, 0.15) is 49.8 Å². The number of aromatic amines is 1. The number of H-pyrrole nitrogens is 1. The van der Waals surface area contributed by atoms with Gasteiger partial charge in [-0.25, -0.2) is 8.42 Å². The maximum atomic E-state index is 12.1. The largest absolute Gasteiger partial charge is 0.348 e. The van der Waals surface area contributed by atoms with Crippen LogP contribution < -0.4 is 5.32 Å². The van der Waals surface area contributed by atoms with Crippen LogP contribution in [0.25, 0.3) is 0 Å². The third-order valence-electron chi connectivity index (χ3n) is 3.18. The standard InChI is InChI=1S/C12H20ClN3O3S/c1-5-7(2)6-8(3)14-12(17)10-11(20(13,18)19)9(4)15-16-10/h7-8H,5-6H2,1-4H3,(H,14,17)(H,15,16). The van der Waals surface area contributed by atoms with E-state index in [1.807, 2.05) is 6.92 Å². The highest BCUT2D eigenvalue weighted by Crippen LogP contribution is 2.22. The van der Waals surface area contributed by atoms with Crippen LogP contribution in [-0.4, -0.2) is 30.6 Å². The van der Waals surface area contributed by atoms with Crippen LogP contribution in [0.3, 0.4) is 0 Å². The van der Waals surface area contributed by atoms with Crippen LogP contribution in [0.5, 0.6) is 0 Å². The number of nitrogens with one attached hydrogen (secondary N) is 2. The van der Waals surface area contributed by atoms with E-state index in [1.54, 1.807) is 0 Å². The fourth-order valence-corrected chi connectivity index (χ4v) is 3.34. The SMILES string of the molecule is CCC(C)CC(C)NC(=O)c1n[nH]c(C)c1S(=O)(=O)Cl. The van der Waals surface area contributed by atoms with Gasteiger partial charge in [0.25, 0.3) is 15.0 Å². The molecule has 0 bridgehead atoms. The summed E-state index contributed by atoms with van der Waals surface area (Å²) in [6, 6.07) is -0.0691. The van der Waals surface area contributed by atoms with Gasteiger partial charge in [0, 0.05) is 16.7 Å². The number of rotatable bonds is 6. The normalized spacial score (nSPS) is 14.8. The summed E-state index contributed by atoms with van der Waals surface area (Å²) in [5.74, 6) is -0.0631. The fourth-order valence-electron chi connectivity index (χ4n) is 1.99. The number of halogens is 1. The number of hydrogen-bond donors (Lipinski definition) is 2. The molecule has 0 aliphatic carbocycles. The van der Waals surface area contributed by atoms with E-state index in [1.165, 1.54) is 6.92 Å². The van der Waals surface area contributed by atoms with Crippen molar-refractivity contribution in [2.24, 2.45) is 5.92 Å². The third kappa shape index (κ3) is 4.21. The molecule has 1 aromatic heterocycles. The molecule has 2 atom stereocenters. The van der Waals surface area contributed by atoms with Crippen molar-refractivity contribution in [2.75, 3.05) is 0 Å². The Kier molecular flexibility index (Phi) is 5.59. The first-order chi connectivity index (χ1) is 9.16. The van der Waals surface area contributed by atoms with E-state index in [2.05, 4.69) is 29.4 Å². The third-order valence-corrected chi connectivity index (χ3v) is 4.63. The van der Waals surface area contributed by atoms with Gasteiger partial charge in [-0.05, 0) is 26.2 Å². The van der Waals surface area contributed by atoms with Crippen LogP contribution in [-0.2, 0) is 9.05 Å². The van der Waals surface area contributed by atoms with E-state index in [0.29, 0.717) is 5.92 Å². The molecule has 0 saturated heterocycles. The van der Waals surface area contributed by atoms with Crippen molar-refractivity contribution in [1.29, 1.82) is 0 Å². The maximum absolute atomic E-state index is 12.1. The van der Waals surface area contributed by atoms with Crippen molar-refractivity contribution in [3.63, 3.8) is 0 Å². The number of hydrogen-bond acceptors (Lipinski definition) is 4. The predicted molar refractivity (Wildman–Crippen MR) is 77.4 cm³/mol. The highest BCUT2D eigenvalue weighted by atomic mass is 35.7. The minimum absolute atomic E-state index is 0.0691. The molecule has 0 aromatic carbocycles. The molecule has 2 unspecified atom stereocenters. The number of carbonyl (C=O) groups is 1. The van der Waals surface area contributed by atoms with Crippen molar-refractivity contribution in [2.45, 2.75) is 51.5 Å². The molecular formula is C12H20ClN3O3S. The van der Waals surface area contributed by atoms with Crippen LogP contribution in [0.4, 0.5) is 0 Å². The first-order valence-electron chi connectivity index (χ1n) is 6.47.